The maximum Gasteiger partial charge on any atom is 0.185 e. The van der Waals surface area contributed by atoms with E-state index >= 15 is 0 Å². The van der Waals surface area contributed by atoms with Crippen molar-refractivity contribution in [3.8, 4) is 0 Å². The lowest BCUT2D eigenvalue weighted by Gasteiger charge is -2.24. The molecule has 0 aromatic heterocycles. The van der Waals surface area contributed by atoms with Gasteiger partial charge >= 0.3 is 0 Å². The van der Waals surface area contributed by atoms with Crippen LogP contribution in [0.5, 0.6) is 0 Å². The lowest BCUT2D eigenvalue weighted by molar-refractivity contribution is -0.110. The van der Waals surface area contributed by atoms with Crippen molar-refractivity contribution in [1.82, 2.24) is 4.90 Å². The van der Waals surface area contributed by atoms with E-state index in [1.54, 1.807) is 6.08 Å². The van der Waals surface area contributed by atoms with E-state index in [0.717, 1.165) is 16.0 Å². The van der Waals surface area contributed by atoms with Crippen molar-refractivity contribution in [3.63, 3.8) is 0 Å². The molecule has 0 aliphatic carbocycles. The van der Waals surface area contributed by atoms with Gasteiger partial charge in [-0.2, -0.15) is 0 Å². The second-order valence-electron chi connectivity index (χ2n) is 3.55. The molecule has 2 aliphatic rings. The highest BCUT2D eigenvalue weighted by molar-refractivity contribution is 6.22. The van der Waals surface area contributed by atoms with E-state index in [9.17, 15) is 4.79 Å². The largest absolute Gasteiger partial charge is 0.349 e. The monoisotopic (exact) mass is 183 g/mol. The Labute approximate surface area is 81.5 Å². The predicted molar refractivity (Wildman–Crippen MR) is 54.4 cm³/mol. The maximum atomic E-state index is 11.6. The van der Waals surface area contributed by atoms with Crippen LogP contribution in [0.1, 0.15) is 0 Å². The van der Waals surface area contributed by atoms with E-state index in [2.05, 4.69) is 6.20 Å². The Morgan fingerprint density at radius 3 is 3.00 bits per heavy atom. The molecule has 1 aromatic carbocycles. The van der Waals surface area contributed by atoms with Gasteiger partial charge in [-0.15, -0.1) is 0 Å². The second-order valence-corrected chi connectivity index (χ2v) is 3.55. The summed E-state index contributed by atoms with van der Waals surface area (Å²) in [5.74, 6) is 0.141. The molecule has 2 heterocycles. The molecule has 68 valence electrons. The van der Waals surface area contributed by atoms with Gasteiger partial charge in [0.2, 0.25) is 0 Å². The van der Waals surface area contributed by atoms with E-state index < -0.39 is 0 Å². The fourth-order valence-electron chi connectivity index (χ4n) is 1.95. The molecule has 0 fully saturated rings. The first-order valence-electron chi connectivity index (χ1n) is 4.63. The summed E-state index contributed by atoms with van der Waals surface area (Å²) in [6.07, 6.45) is 5.54. The summed E-state index contributed by atoms with van der Waals surface area (Å²) in [5, 5.41) is 2.21. The minimum atomic E-state index is 0.141. The molecule has 1 aromatic rings. The molecule has 14 heavy (non-hydrogen) atoms. The van der Waals surface area contributed by atoms with Gasteiger partial charge in [-0.25, -0.2) is 0 Å². The number of hydrogen-bond acceptors (Lipinski definition) is 2. The van der Waals surface area contributed by atoms with Crippen LogP contribution < -0.4 is 10.4 Å². The zero-order valence-corrected chi connectivity index (χ0v) is 7.60. The van der Waals surface area contributed by atoms with Gasteiger partial charge in [0.25, 0.3) is 0 Å². The summed E-state index contributed by atoms with van der Waals surface area (Å²) in [6.45, 7) is 0.715. The number of ketones is 1. The number of carbonyl (C=O) groups is 1. The quantitative estimate of drug-likeness (QED) is 0.563. The van der Waals surface area contributed by atoms with Crippen molar-refractivity contribution in [1.29, 1.82) is 0 Å². The first kappa shape index (κ1) is 7.56. The first-order chi connectivity index (χ1) is 6.84. The van der Waals surface area contributed by atoms with Crippen molar-refractivity contribution < 1.29 is 4.79 Å². The number of rotatable bonds is 0. The Morgan fingerprint density at radius 2 is 2.07 bits per heavy atom. The molecule has 0 unspecified atom stereocenters. The molecule has 2 aliphatic heterocycles. The van der Waals surface area contributed by atoms with E-state index in [1.165, 1.54) is 0 Å². The average Bonchev–Trinajstić information content (AvgIpc) is 2.23. The summed E-state index contributed by atoms with van der Waals surface area (Å²) in [7, 11) is 0. The van der Waals surface area contributed by atoms with Gasteiger partial charge in [0.15, 0.2) is 5.78 Å². The molecule has 0 saturated heterocycles. The highest BCUT2D eigenvalue weighted by Gasteiger charge is 2.18. The van der Waals surface area contributed by atoms with Crippen LogP contribution in [0, 0.1) is 0 Å². The fraction of sp³-hybridized carbons (Fsp3) is 0.0833. The number of allylic oxidation sites excluding steroid dienone is 1. The fourth-order valence-corrected chi connectivity index (χ4v) is 1.95. The molecule has 3 rings (SSSR count). The number of hydrogen-bond donors (Lipinski definition) is 0. The van der Waals surface area contributed by atoms with Gasteiger partial charge in [-0.1, -0.05) is 24.3 Å². The van der Waals surface area contributed by atoms with Crippen LogP contribution in [0.25, 0.3) is 11.8 Å². The average molecular weight is 183 g/mol. The highest BCUT2D eigenvalue weighted by Crippen LogP contribution is 2.11. The molecule has 2 bridgehead atoms. The van der Waals surface area contributed by atoms with Crippen LogP contribution in [0.3, 0.4) is 0 Å². The number of benzene rings is 1. The number of carbonyl (C=O) groups excluding carboxylic acids is 1. The highest BCUT2D eigenvalue weighted by atomic mass is 16.1. The van der Waals surface area contributed by atoms with Crippen LogP contribution in [0.4, 0.5) is 0 Å². The van der Waals surface area contributed by atoms with Crippen LogP contribution in [-0.4, -0.2) is 17.2 Å². The van der Waals surface area contributed by atoms with E-state index in [4.69, 9.17) is 0 Å². The van der Waals surface area contributed by atoms with Crippen LogP contribution in [-0.2, 0) is 4.79 Å². The molecular weight excluding hydrogens is 174 g/mol. The van der Waals surface area contributed by atoms with Crippen molar-refractivity contribution in [2.24, 2.45) is 0 Å². The standard InChI is InChI=1S/C12H9NO/c14-12-5-6-13-7-9-3-1-2-4-10(9)11(12)8-13/h1-7H,8H2. The molecule has 0 amide bonds. The molecule has 0 spiro atoms. The third kappa shape index (κ3) is 0.940. The van der Waals surface area contributed by atoms with Gasteiger partial charge < -0.3 is 4.90 Å². The molecule has 2 heteroatoms. The van der Waals surface area contributed by atoms with E-state index in [0.29, 0.717) is 6.54 Å². The van der Waals surface area contributed by atoms with Crippen molar-refractivity contribution in [2.45, 2.75) is 0 Å². The topological polar surface area (TPSA) is 20.3 Å². The molecule has 0 radical (unpaired) electrons. The Morgan fingerprint density at radius 1 is 1.21 bits per heavy atom. The van der Waals surface area contributed by atoms with Crippen molar-refractivity contribution >= 4 is 17.6 Å². The Balaban J connectivity index is 2.48. The van der Waals surface area contributed by atoms with Crippen LogP contribution in [0.2, 0.25) is 0 Å². The van der Waals surface area contributed by atoms with E-state index in [-0.39, 0.29) is 5.78 Å². The third-order valence-corrected chi connectivity index (χ3v) is 2.65. The predicted octanol–water partition coefficient (Wildman–Crippen LogP) is -0.0127. The summed E-state index contributed by atoms with van der Waals surface area (Å²) < 4.78 is 0. The van der Waals surface area contributed by atoms with Gasteiger partial charge in [0.05, 0.1) is 6.54 Å². The lowest BCUT2D eigenvalue weighted by atomic mass is 10.0. The Bertz CT molecular complexity index is 554. The van der Waals surface area contributed by atoms with Crippen LogP contribution in [0.15, 0.2) is 36.5 Å². The first-order valence-corrected chi connectivity index (χ1v) is 4.63. The minimum absolute atomic E-state index is 0.141. The van der Waals surface area contributed by atoms with Crippen molar-refractivity contribution in [3.05, 3.63) is 47.0 Å². The molecule has 0 atom stereocenters. The minimum Gasteiger partial charge on any atom is -0.349 e. The summed E-state index contributed by atoms with van der Waals surface area (Å²) in [6, 6.07) is 8.01. The summed E-state index contributed by atoms with van der Waals surface area (Å²) in [4.78, 5) is 13.6. The molecule has 0 saturated carbocycles. The SMILES string of the molecule is O=C1C=CN2C=c3ccccc3=C1C2. The number of fused-ring (bicyclic) bond motifs is 3. The Hall–Kier alpha value is -1.83. The third-order valence-electron chi connectivity index (χ3n) is 2.65. The normalized spacial score (nSPS) is 17.9. The molecule has 2 nitrogen and oxygen atoms in total. The smallest absolute Gasteiger partial charge is 0.185 e. The van der Waals surface area contributed by atoms with Gasteiger partial charge in [-0.3, -0.25) is 4.79 Å². The zero-order valence-electron chi connectivity index (χ0n) is 7.60. The summed E-state index contributed by atoms with van der Waals surface area (Å²) >= 11 is 0. The Kier molecular flexibility index (Phi) is 1.39. The van der Waals surface area contributed by atoms with E-state index in [1.807, 2.05) is 35.4 Å². The maximum absolute atomic E-state index is 11.6. The van der Waals surface area contributed by atoms with Gasteiger partial charge in [0, 0.05) is 24.0 Å². The van der Waals surface area contributed by atoms with Gasteiger partial charge in [0.1, 0.15) is 0 Å². The van der Waals surface area contributed by atoms with Gasteiger partial charge in [-0.05, 0) is 10.4 Å². The molecule has 0 N–H and O–H groups in total. The second kappa shape index (κ2) is 2.58. The summed E-state index contributed by atoms with van der Waals surface area (Å²) in [5.41, 5.74) is 0.908. The van der Waals surface area contributed by atoms with Crippen molar-refractivity contribution in [2.75, 3.05) is 6.54 Å². The van der Waals surface area contributed by atoms with Crippen LogP contribution >= 0.6 is 0 Å². The lowest BCUT2D eigenvalue weighted by Crippen LogP contribution is -2.40. The molecular formula is C12H9NO. The number of nitrogens with zero attached hydrogens (tertiary/aromatic N) is 1. The zero-order chi connectivity index (χ0) is 9.54.